The summed E-state index contributed by atoms with van der Waals surface area (Å²) < 4.78 is 1.11. The van der Waals surface area contributed by atoms with Crippen molar-refractivity contribution in [3.63, 3.8) is 0 Å². The summed E-state index contributed by atoms with van der Waals surface area (Å²) in [7, 11) is 0. The summed E-state index contributed by atoms with van der Waals surface area (Å²) in [6.45, 7) is 6.59. The zero-order valence-electron chi connectivity index (χ0n) is 9.66. The van der Waals surface area contributed by atoms with Gasteiger partial charge in [-0.15, -0.1) is 0 Å². The highest BCUT2D eigenvalue weighted by Crippen LogP contribution is 2.33. The van der Waals surface area contributed by atoms with Gasteiger partial charge in [0.05, 0.1) is 5.69 Å². The van der Waals surface area contributed by atoms with Gasteiger partial charge in [-0.2, -0.15) is 11.8 Å². The van der Waals surface area contributed by atoms with E-state index in [0.29, 0.717) is 5.25 Å². The molecule has 2 nitrogen and oxygen atoms in total. The third-order valence-electron chi connectivity index (χ3n) is 2.92. The number of nitrogens with two attached hydrogens (primary N) is 1. The molecule has 1 saturated heterocycles. The highest BCUT2D eigenvalue weighted by atomic mass is 79.9. The first kappa shape index (κ1) is 12.1. The van der Waals surface area contributed by atoms with Crippen LogP contribution in [-0.2, 0) is 0 Å². The van der Waals surface area contributed by atoms with E-state index in [2.05, 4.69) is 40.7 Å². The molecule has 2 N–H and O–H groups in total. The molecule has 16 heavy (non-hydrogen) atoms. The molecule has 0 aromatic heterocycles. The molecule has 1 atom stereocenters. The van der Waals surface area contributed by atoms with E-state index in [1.54, 1.807) is 0 Å². The maximum Gasteiger partial charge on any atom is 0.0515 e. The van der Waals surface area contributed by atoms with Gasteiger partial charge in [0, 0.05) is 34.3 Å². The molecule has 1 fully saturated rings. The van der Waals surface area contributed by atoms with E-state index in [9.17, 15) is 0 Å². The molecule has 1 unspecified atom stereocenters. The average molecular weight is 301 g/mol. The molecule has 0 saturated carbocycles. The number of hydrogen-bond acceptors (Lipinski definition) is 3. The van der Waals surface area contributed by atoms with Gasteiger partial charge in [0.2, 0.25) is 0 Å². The van der Waals surface area contributed by atoms with Crippen molar-refractivity contribution >= 4 is 39.1 Å². The summed E-state index contributed by atoms with van der Waals surface area (Å²) in [5.41, 5.74) is 9.18. The van der Waals surface area contributed by atoms with Gasteiger partial charge in [0.15, 0.2) is 0 Å². The number of aryl methyl sites for hydroxylation is 1. The van der Waals surface area contributed by atoms with Crippen molar-refractivity contribution in [3.8, 4) is 0 Å². The number of thioether (sulfide) groups is 1. The van der Waals surface area contributed by atoms with E-state index < -0.39 is 0 Å². The number of anilines is 2. The minimum absolute atomic E-state index is 0.707. The van der Waals surface area contributed by atoms with Gasteiger partial charge in [-0.05, 0) is 40.5 Å². The third-order valence-corrected chi connectivity index (χ3v) is 4.69. The van der Waals surface area contributed by atoms with Crippen LogP contribution in [0.4, 0.5) is 11.4 Å². The van der Waals surface area contributed by atoms with E-state index in [1.807, 2.05) is 17.8 Å². The Kier molecular flexibility index (Phi) is 3.70. The molecule has 1 heterocycles. The van der Waals surface area contributed by atoms with Gasteiger partial charge >= 0.3 is 0 Å². The second kappa shape index (κ2) is 4.88. The van der Waals surface area contributed by atoms with Crippen LogP contribution in [0.5, 0.6) is 0 Å². The fourth-order valence-corrected chi connectivity index (χ4v) is 3.59. The molecule has 1 aliphatic rings. The zero-order valence-corrected chi connectivity index (χ0v) is 12.1. The average Bonchev–Trinajstić information content (AvgIpc) is 2.23. The molecular weight excluding hydrogens is 284 g/mol. The van der Waals surface area contributed by atoms with Crippen LogP contribution in [-0.4, -0.2) is 24.1 Å². The standard InChI is InChI=1S/C12H17BrN2S/c1-8-5-12(10(13)6-11(8)14)15-3-4-16-9(2)7-15/h5-6,9H,3-4,7,14H2,1-2H3. The second-order valence-electron chi connectivity index (χ2n) is 4.29. The fourth-order valence-electron chi connectivity index (χ4n) is 1.96. The normalized spacial score (nSPS) is 21.2. The molecule has 0 amide bonds. The third kappa shape index (κ3) is 2.48. The second-order valence-corrected chi connectivity index (χ2v) is 6.69. The van der Waals surface area contributed by atoms with E-state index in [1.165, 1.54) is 11.4 Å². The number of rotatable bonds is 1. The van der Waals surface area contributed by atoms with Crippen molar-refractivity contribution in [2.24, 2.45) is 0 Å². The Morgan fingerprint density at radius 1 is 1.50 bits per heavy atom. The maximum absolute atomic E-state index is 5.89. The zero-order chi connectivity index (χ0) is 11.7. The van der Waals surface area contributed by atoms with Gasteiger partial charge in [0.25, 0.3) is 0 Å². The first-order chi connectivity index (χ1) is 7.58. The lowest BCUT2D eigenvalue weighted by Crippen LogP contribution is -2.36. The van der Waals surface area contributed by atoms with Gasteiger partial charge in [0.1, 0.15) is 0 Å². The van der Waals surface area contributed by atoms with Gasteiger partial charge < -0.3 is 10.6 Å². The van der Waals surface area contributed by atoms with E-state index in [0.717, 1.165) is 28.8 Å². The van der Waals surface area contributed by atoms with Gasteiger partial charge in [-0.1, -0.05) is 6.92 Å². The SMILES string of the molecule is Cc1cc(N2CCSC(C)C2)c(Br)cc1N. The van der Waals surface area contributed by atoms with Crippen molar-refractivity contribution < 1.29 is 0 Å². The lowest BCUT2D eigenvalue weighted by atomic mass is 10.1. The Morgan fingerprint density at radius 3 is 2.94 bits per heavy atom. The van der Waals surface area contributed by atoms with Crippen LogP contribution in [0.2, 0.25) is 0 Å². The minimum atomic E-state index is 0.707. The molecule has 88 valence electrons. The van der Waals surface area contributed by atoms with E-state index in [4.69, 9.17) is 5.73 Å². The Bertz CT molecular complexity index is 395. The minimum Gasteiger partial charge on any atom is -0.398 e. The number of nitrogens with zero attached hydrogens (tertiary/aromatic N) is 1. The lowest BCUT2D eigenvalue weighted by Gasteiger charge is -2.33. The predicted octanol–water partition coefficient (Wildman–Crippen LogP) is 3.28. The molecule has 0 aliphatic carbocycles. The molecular formula is C12H17BrN2S. The monoisotopic (exact) mass is 300 g/mol. The molecule has 1 aliphatic heterocycles. The summed E-state index contributed by atoms with van der Waals surface area (Å²) >= 11 is 5.66. The van der Waals surface area contributed by atoms with Crippen LogP contribution in [0.1, 0.15) is 12.5 Å². The number of nitrogen functional groups attached to an aromatic ring is 1. The number of hydrogen-bond donors (Lipinski definition) is 1. The summed E-state index contributed by atoms with van der Waals surface area (Å²) in [5.74, 6) is 1.21. The molecule has 4 heteroatoms. The van der Waals surface area contributed by atoms with Gasteiger partial charge in [-0.3, -0.25) is 0 Å². The number of benzene rings is 1. The maximum atomic E-state index is 5.89. The summed E-state index contributed by atoms with van der Waals surface area (Å²) in [6.07, 6.45) is 0. The van der Waals surface area contributed by atoms with Crippen molar-refractivity contribution in [2.75, 3.05) is 29.5 Å². The van der Waals surface area contributed by atoms with Crippen LogP contribution in [0.15, 0.2) is 16.6 Å². The number of halogens is 1. The molecule has 0 radical (unpaired) electrons. The van der Waals surface area contributed by atoms with Crippen molar-refractivity contribution in [2.45, 2.75) is 19.1 Å². The first-order valence-electron chi connectivity index (χ1n) is 5.50. The smallest absolute Gasteiger partial charge is 0.0515 e. The van der Waals surface area contributed by atoms with Crippen LogP contribution < -0.4 is 10.6 Å². The van der Waals surface area contributed by atoms with Crippen molar-refractivity contribution in [3.05, 3.63) is 22.2 Å². The largest absolute Gasteiger partial charge is 0.398 e. The topological polar surface area (TPSA) is 29.3 Å². The first-order valence-corrected chi connectivity index (χ1v) is 7.34. The molecule has 2 rings (SSSR count). The van der Waals surface area contributed by atoms with Crippen LogP contribution in [0.3, 0.4) is 0 Å². The molecule has 0 spiro atoms. The Morgan fingerprint density at radius 2 is 2.25 bits per heavy atom. The van der Waals surface area contributed by atoms with Crippen molar-refractivity contribution in [1.82, 2.24) is 0 Å². The Hall–Kier alpha value is -0.350. The summed E-state index contributed by atoms with van der Waals surface area (Å²) in [5, 5.41) is 0.707. The Balaban J connectivity index is 2.29. The summed E-state index contributed by atoms with van der Waals surface area (Å²) in [4.78, 5) is 2.44. The lowest BCUT2D eigenvalue weighted by molar-refractivity contribution is 0.781. The highest BCUT2D eigenvalue weighted by molar-refractivity contribution is 9.10. The van der Waals surface area contributed by atoms with Crippen LogP contribution in [0.25, 0.3) is 0 Å². The fraction of sp³-hybridized carbons (Fsp3) is 0.500. The van der Waals surface area contributed by atoms with Crippen LogP contribution in [0, 0.1) is 6.92 Å². The van der Waals surface area contributed by atoms with E-state index >= 15 is 0 Å². The molecule has 1 aromatic rings. The van der Waals surface area contributed by atoms with Gasteiger partial charge in [-0.25, -0.2) is 0 Å². The molecule has 0 bridgehead atoms. The summed E-state index contributed by atoms with van der Waals surface area (Å²) in [6, 6.07) is 4.19. The predicted molar refractivity (Wildman–Crippen MR) is 77.4 cm³/mol. The Labute approximate surface area is 110 Å². The van der Waals surface area contributed by atoms with E-state index in [-0.39, 0.29) is 0 Å². The quantitative estimate of drug-likeness (QED) is 0.807. The van der Waals surface area contributed by atoms with Crippen molar-refractivity contribution in [1.29, 1.82) is 0 Å². The highest BCUT2D eigenvalue weighted by Gasteiger charge is 2.19. The van der Waals surface area contributed by atoms with Crippen LogP contribution >= 0.6 is 27.7 Å². The molecule has 1 aromatic carbocycles.